The molecule has 1 radical (unpaired) electrons. The molecule has 0 spiro atoms. The van der Waals surface area contributed by atoms with Gasteiger partial charge < -0.3 is 0 Å². The van der Waals surface area contributed by atoms with Gasteiger partial charge in [0.1, 0.15) is 0 Å². The zero-order chi connectivity index (χ0) is 8.10. The first-order valence-corrected chi connectivity index (χ1v) is 2.92. The van der Waals surface area contributed by atoms with Gasteiger partial charge in [-0.05, 0) is 12.1 Å². The minimum atomic E-state index is -0.470. The van der Waals surface area contributed by atoms with Crippen LogP contribution in [-0.4, -0.2) is 17.3 Å². The summed E-state index contributed by atoms with van der Waals surface area (Å²) in [6.45, 7) is 0. The number of carbonyl (C=O) groups is 1. The summed E-state index contributed by atoms with van der Waals surface area (Å²) in [7, 11) is 0. The maximum Gasteiger partial charge on any atom is 0.316 e. The van der Waals surface area contributed by atoms with Crippen molar-refractivity contribution in [2.45, 2.75) is 0 Å². The second kappa shape index (κ2) is 3.46. The number of amides is 2. The maximum atomic E-state index is 10.8. The molecule has 0 unspecified atom stereocenters. The first-order valence-electron chi connectivity index (χ1n) is 2.92. The molecule has 1 aromatic rings. The van der Waals surface area contributed by atoms with Crippen LogP contribution in [0.2, 0.25) is 0 Å². The van der Waals surface area contributed by atoms with Gasteiger partial charge in [-0.2, -0.15) is 0 Å². The van der Waals surface area contributed by atoms with Crippen molar-refractivity contribution < 1.29 is 9.59 Å². The summed E-state index contributed by atoms with van der Waals surface area (Å²) in [5.41, 5.74) is 0.392. The molecule has 4 heteroatoms. The van der Waals surface area contributed by atoms with E-state index in [2.05, 4.69) is 4.98 Å². The monoisotopic (exact) mass is 149 g/mol. The summed E-state index contributed by atoms with van der Waals surface area (Å²) >= 11 is 0. The van der Waals surface area contributed by atoms with Crippen molar-refractivity contribution >= 4 is 12.3 Å². The Morgan fingerprint density at radius 1 is 1.45 bits per heavy atom. The highest BCUT2D eigenvalue weighted by molar-refractivity contribution is 5.99. The highest BCUT2D eigenvalue weighted by atomic mass is 16.2. The third-order valence-electron chi connectivity index (χ3n) is 1.11. The van der Waals surface area contributed by atoms with Crippen LogP contribution in [0.1, 0.15) is 10.4 Å². The Hall–Kier alpha value is -1.71. The summed E-state index contributed by atoms with van der Waals surface area (Å²) < 4.78 is 0. The number of nitrogens with zero attached hydrogens (tertiary/aromatic N) is 1. The average molecular weight is 149 g/mol. The Balaban J connectivity index is 2.77. The van der Waals surface area contributed by atoms with Crippen LogP contribution in [0.3, 0.4) is 0 Å². The summed E-state index contributed by atoms with van der Waals surface area (Å²) in [5.74, 6) is -0.470. The van der Waals surface area contributed by atoms with Crippen molar-refractivity contribution in [2.24, 2.45) is 0 Å². The molecule has 1 N–H and O–H groups in total. The fourth-order valence-electron chi connectivity index (χ4n) is 0.622. The van der Waals surface area contributed by atoms with E-state index in [0.717, 1.165) is 0 Å². The van der Waals surface area contributed by atoms with Crippen LogP contribution in [-0.2, 0) is 4.79 Å². The normalized spacial score (nSPS) is 8.73. The van der Waals surface area contributed by atoms with E-state index in [0.29, 0.717) is 5.56 Å². The molecule has 0 aliphatic heterocycles. The summed E-state index contributed by atoms with van der Waals surface area (Å²) in [4.78, 5) is 24.3. The van der Waals surface area contributed by atoms with Crippen LogP contribution in [0.15, 0.2) is 24.5 Å². The molecule has 0 fully saturated rings. The van der Waals surface area contributed by atoms with E-state index in [1.807, 2.05) is 5.32 Å². The molecule has 11 heavy (non-hydrogen) atoms. The molecule has 0 aliphatic rings. The van der Waals surface area contributed by atoms with Crippen molar-refractivity contribution in [3.63, 3.8) is 0 Å². The molecule has 2 amide bonds. The van der Waals surface area contributed by atoms with Gasteiger partial charge in [0.15, 0.2) is 0 Å². The molecule has 0 bridgehead atoms. The molecule has 55 valence electrons. The molecule has 0 aliphatic carbocycles. The number of rotatable bonds is 2. The van der Waals surface area contributed by atoms with E-state index in [4.69, 9.17) is 0 Å². The number of nitrogens with one attached hydrogen (secondary N) is 1. The Labute approximate surface area is 63.3 Å². The van der Waals surface area contributed by atoms with Crippen LogP contribution >= 0.6 is 0 Å². The fourth-order valence-corrected chi connectivity index (χ4v) is 0.622. The van der Waals surface area contributed by atoms with Crippen molar-refractivity contribution in [1.29, 1.82) is 0 Å². The standard InChI is InChI=1S/C7H5N2O2/c10-5-9-7(11)6-1-3-8-4-2-6/h1-4H,(H,9,10,11). The van der Waals surface area contributed by atoms with E-state index >= 15 is 0 Å². The summed E-state index contributed by atoms with van der Waals surface area (Å²) in [6, 6.07) is 3.01. The van der Waals surface area contributed by atoms with Crippen LogP contribution < -0.4 is 5.32 Å². The number of imide groups is 1. The van der Waals surface area contributed by atoms with E-state index in [1.165, 1.54) is 30.9 Å². The maximum absolute atomic E-state index is 10.8. The number of hydrogen-bond donors (Lipinski definition) is 1. The lowest BCUT2D eigenvalue weighted by Gasteiger charge is -1.94. The molecule has 1 aromatic heterocycles. The molecule has 4 nitrogen and oxygen atoms in total. The Kier molecular flexibility index (Phi) is 2.32. The van der Waals surface area contributed by atoms with E-state index < -0.39 is 5.91 Å². The number of aromatic nitrogens is 1. The molecule has 0 saturated heterocycles. The molecule has 0 atom stereocenters. The minimum absolute atomic E-state index is 0.392. The smallest absolute Gasteiger partial charge is 0.284 e. The van der Waals surface area contributed by atoms with Gasteiger partial charge in [-0.1, -0.05) is 0 Å². The predicted octanol–water partition coefficient (Wildman–Crippen LogP) is -0.121. The third-order valence-corrected chi connectivity index (χ3v) is 1.11. The lowest BCUT2D eigenvalue weighted by molar-refractivity contribution is 0.0976. The molecule has 1 heterocycles. The first kappa shape index (κ1) is 7.40. The second-order valence-electron chi connectivity index (χ2n) is 1.79. The van der Waals surface area contributed by atoms with Crippen LogP contribution in [0, 0.1) is 0 Å². The molecule has 0 saturated carbocycles. The number of carbonyl (C=O) groups excluding carboxylic acids is 2. The minimum Gasteiger partial charge on any atom is -0.284 e. The van der Waals surface area contributed by atoms with Crippen LogP contribution in [0.4, 0.5) is 0 Å². The molecular formula is C7H5N2O2. The van der Waals surface area contributed by atoms with Gasteiger partial charge in [0.25, 0.3) is 5.91 Å². The molecule has 1 rings (SSSR count). The fraction of sp³-hybridized carbons (Fsp3) is 0. The average Bonchev–Trinajstić information content (AvgIpc) is 2.07. The molecule has 0 aromatic carbocycles. The Morgan fingerprint density at radius 3 is 2.64 bits per heavy atom. The number of hydrogen-bond acceptors (Lipinski definition) is 3. The van der Waals surface area contributed by atoms with Gasteiger partial charge in [-0.15, -0.1) is 0 Å². The topological polar surface area (TPSA) is 59.1 Å². The summed E-state index contributed by atoms with van der Waals surface area (Å²) in [6.07, 6.45) is 4.24. The molecular weight excluding hydrogens is 144 g/mol. The highest BCUT2D eigenvalue weighted by Crippen LogP contribution is 1.93. The van der Waals surface area contributed by atoms with Gasteiger partial charge in [-0.3, -0.25) is 19.9 Å². The van der Waals surface area contributed by atoms with Crippen molar-refractivity contribution in [1.82, 2.24) is 10.3 Å². The first-order chi connectivity index (χ1) is 5.34. The van der Waals surface area contributed by atoms with Crippen molar-refractivity contribution in [3.05, 3.63) is 30.1 Å². The SMILES string of the molecule is O=[C]NC(=O)c1ccncc1. The lowest BCUT2D eigenvalue weighted by atomic mass is 10.2. The lowest BCUT2D eigenvalue weighted by Crippen LogP contribution is -2.20. The number of pyridine rings is 1. The van der Waals surface area contributed by atoms with Crippen LogP contribution in [0.5, 0.6) is 0 Å². The quantitative estimate of drug-likeness (QED) is 0.596. The van der Waals surface area contributed by atoms with Crippen LogP contribution in [0.25, 0.3) is 0 Å². The predicted molar refractivity (Wildman–Crippen MR) is 37.4 cm³/mol. The van der Waals surface area contributed by atoms with E-state index in [1.54, 1.807) is 0 Å². The van der Waals surface area contributed by atoms with Gasteiger partial charge in [0.05, 0.1) is 0 Å². The van der Waals surface area contributed by atoms with E-state index in [9.17, 15) is 9.59 Å². The van der Waals surface area contributed by atoms with E-state index in [-0.39, 0.29) is 0 Å². The largest absolute Gasteiger partial charge is 0.316 e. The van der Waals surface area contributed by atoms with Crippen molar-refractivity contribution in [2.75, 3.05) is 0 Å². The van der Waals surface area contributed by atoms with Gasteiger partial charge >= 0.3 is 6.41 Å². The van der Waals surface area contributed by atoms with Gasteiger partial charge in [-0.25, -0.2) is 0 Å². The van der Waals surface area contributed by atoms with Gasteiger partial charge in [0.2, 0.25) is 0 Å². The third kappa shape index (κ3) is 1.86. The second-order valence-corrected chi connectivity index (χ2v) is 1.79. The zero-order valence-electron chi connectivity index (χ0n) is 5.57. The Morgan fingerprint density at radius 2 is 2.09 bits per heavy atom. The Bertz CT molecular complexity index is 258. The van der Waals surface area contributed by atoms with Gasteiger partial charge in [0, 0.05) is 18.0 Å². The zero-order valence-corrected chi connectivity index (χ0v) is 5.57. The van der Waals surface area contributed by atoms with Crippen molar-refractivity contribution in [3.8, 4) is 0 Å². The highest BCUT2D eigenvalue weighted by Gasteiger charge is 2.01. The summed E-state index contributed by atoms with van der Waals surface area (Å²) in [5, 5.41) is 1.89.